The first-order valence-corrected chi connectivity index (χ1v) is 8.62. The zero-order chi connectivity index (χ0) is 17.0. The quantitative estimate of drug-likeness (QED) is 0.880. The number of ether oxygens (including phenoxy) is 2. The van der Waals surface area contributed by atoms with Crippen molar-refractivity contribution < 1.29 is 17.9 Å². The molecule has 2 aromatic rings. The molecule has 0 saturated carbocycles. The molecule has 0 aliphatic carbocycles. The molecular formula is C17H21NO4S. The van der Waals surface area contributed by atoms with Crippen molar-refractivity contribution in [2.75, 3.05) is 18.9 Å². The standard InChI is InChI=1S/C17H21NO4S/c1-12-13(2)17(9-8-16(12)22-4)23(19,20)18-15-7-5-6-14(10-15)11-21-3/h5-10,18H,11H2,1-4H3. The number of hydrogen-bond donors (Lipinski definition) is 1. The molecule has 0 unspecified atom stereocenters. The van der Waals surface area contributed by atoms with Gasteiger partial charge >= 0.3 is 0 Å². The average molecular weight is 335 g/mol. The maximum atomic E-state index is 12.7. The Labute approximate surface area is 137 Å². The molecule has 1 N–H and O–H groups in total. The number of nitrogens with one attached hydrogen (secondary N) is 1. The summed E-state index contributed by atoms with van der Waals surface area (Å²) in [4.78, 5) is 0.243. The monoisotopic (exact) mass is 335 g/mol. The zero-order valence-electron chi connectivity index (χ0n) is 13.7. The van der Waals surface area contributed by atoms with Crippen molar-refractivity contribution in [3.63, 3.8) is 0 Å². The first-order chi connectivity index (χ1) is 10.9. The van der Waals surface area contributed by atoms with Gasteiger partial charge in [-0.05, 0) is 54.8 Å². The van der Waals surface area contributed by atoms with E-state index in [1.165, 1.54) is 0 Å². The van der Waals surface area contributed by atoms with Gasteiger partial charge in [0.2, 0.25) is 0 Å². The van der Waals surface area contributed by atoms with E-state index >= 15 is 0 Å². The number of benzene rings is 2. The van der Waals surface area contributed by atoms with E-state index in [4.69, 9.17) is 9.47 Å². The minimum atomic E-state index is -3.67. The summed E-state index contributed by atoms with van der Waals surface area (Å²) in [6.07, 6.45) is 0. The lowest BCUT2D eigenvalue weighted by atomic mass is 10.1. The van der Waals surface area contributed by atoms with Gasteiger partial charge in [-0.2, -0.15) is 0 Å². The second kappa shape index (κ2) is 7.02. The molecule has 0 atom stereocenters. The van der Waals surface area contributed by atoms with E-state index < -0.39 is 10.0 Å². The Morgan fingerprint density at radius 2 is 1.78 bits per heavy atom. The number of rotatable bonds is 6. The summed E-state index contributed by atoms with van der Waals surface area (Å²) in [5, 5.41) is 0. The molecule has 0 amide bonds. The highest BCUT2D eigenvalue weighted by molar-refractivity contribution is 7.92. The van der Waals surface area contributed by atoms with Crippen molar-refractivity contribution in [1.82, 2.24) is 0 Å². The first kappa shape index (κ1) is 17.3. The van der Waals surface area contributed by atoms with Crippen LogP contribution in [0.15, 0.2) is 41.3 Å². The van der Waals surface area contributed by atoms with Crippen molar-refractivity contribution >= 4 is 15.7 Å². The maximum Gasteiger partial charge on any atom is 0.262 e. The van der Waals surface area contributed by atoms with Crippen LogP contribution in [0.2, 0.25) is 0 Å². The summed E-state index contributed by atoms with van der Waals surface area (Å²) in [5.74, 6) is 0.670. The number of hydrogen-bond acceptors (Lipinski definition) is 4. The Morgan fingerprint density at radius 3 is 2.43 bits per heavy atom. The Bertz CT molecular complexity index is 800. The van der Waals surface area contributed by atoms with Crippen molar-refractivity contribution in [2.24, 2.45) is 0 Å². The van der Waals surface area contributed by atoms with Crippen LogP contribution in [-0.4, -0.2) is 22.6 Å². The molecule has 0 aliphatic rings. The van der Waals surface area contributed by atoms with Gasteiger partial charge in [0, 0.05) is 12.8 Å². The summed E-state index contributed by atoms with van der Waals surface area (Å²) >= 11 is 0. The van der Waals surface area contributed by atoms with Crippen LogP contribution in [-0.2, 0) is 21.4 Å². The van der Waals surface area contributed by atoms with Crippen LogP contribution in [0.1, 0.15) is 16.7 Å². The second-order valence-electron chi connectivity index (χ2n) is 5.25. The van der Waals surface area contributed by atoms with Crippen LogP contribution >= 0.6 is 0 Å². The second-order valence-corrected chi connectivity index (χ2v) is 6.91. The van der Waals surface area contributed by atoms with Gasteiger partial charge in [0.15, 0.2) is 0 Å². The Hall–Kier alpha value is -2.05. The summed E-state index contributed by atoms with van der Waals surface area (Å²) in [6.45, 7) is 4.04. The molecule has 0 saturated heterocycles. The largest absolute Gasteiger partial charge is 0.496 e. The average Bonchev–Trinajstić information content (AvgIpc) is 2.50. The molecule has 0 radical (unpaired) electrons. The first-order valence-electron chi connectivity index (χ1n) is 7.14. The lowest BCUT2D eigenvalue weighted by Gasteiger charge is -2.14. The van der Waals surface area contributed by atoms with Crippen LogP contribution in [0.3, 0.4) is 0 Å². The molecule has 124 valence electrons. The predicted octanol–water partition coefficient (Wildman–Crippen LogP) is 3.26. The van der Waals surface area contributed by atoms with Crippen LogP contribution in [0, 0.1) is 13.8 Å². The van der Waals surface area contributed by atoms with Crippen LogP contribution in [0.4, 0.5) is 5.69 Å². The van der Waals surface area contributed by atoms with Gasteiger partial charge in [0.1, 0.15) is 5.75 Å². The van der Waals surface area contributed by atoms with Gasteiger partial charge in [-0.3, -0.25) is 4.72 Å². The zero-order valence-corrected chi connectivity index (χ0v) is 14.5. The highest BCUT2D eigenvalue weighted by Gasteiger charge is 2.19. The van der Waals surface area contributed by atoms with Gasteiger partial charge in [0.05, 0.1) is 18.6 Å². The van der Waals surface area contributed by atoms with Gasteiger partial charge < -0.3 is 9.47 Å². The van der Waals surface area contributed by atoms with E-state index in [0.29, 0.717) is 23.6 Å². The van der Waals surface area contributed by atoms with E-state index in [1.807, 2.05) is 13.0 Å². The van der Waals surface area contributed by atoms with Crippen molar-refractivity contribution in [3.05, 3.63) is 53.1 Å². The van der Waals surface area contributed by atoms with Gasteiger partial charge in [-0.15, -0.1) is 0 Å². The molecule has 2 aromatic carbocycles. The normalized spacial score (nSPS) is 11.3. The summed E-state index contributed by atoms with van der Waals surface area (Å²) in [6, 6.07) is 10.4. The Kier molecular flexibility index (Phi) is 5.28. The highest BCUT2D eigenvalue weighted by atomic mass is 32.2. The highest BCUT2D eigenvalue weighted by Crippen LogP contribution is 2.28. The van der Waals surface area contributed by atoms with Gasteiger partial charge in [-0.25, -0.2) is 8.42 Å². The lowest BCUT2D eigenvalue weighted by Crippen LogP contribution is -2.15. The molecule has 0 spiro atoms. The molecule has 0 bridgehead atoms. The minimum Gasteiger partial charge on any atom is -0.496 e. The van der Waals surface area contributed by atoms with Gasteiger partial charge in [-0.1, -0.05) is 12.1 Å². The lowest BCUT2D eigenvalue weighted by molar-refractivity contribution is 0.185. The van der Waals surface area contributed by atoms with E-state index in [9.17, 15) is 8.42 Å². The fourth-order valence-electron chi connectivity index (χ4n) is 2.38. The molecule has 0 aromatic heterocycles. The van der Waals surface area contributed by atoms with Crippen molar-refractivity contribution in [2.45, 2.75) is 25.3 Å². The third-order valence-corrected chi connectivity index (χ3v) is 5.21. The third kappa shape index (κ3) is 3.83. The summed E-state index contributed by atoms with van der Waals surface area (Å²) < 4.78 is 38.2. The Morgan fingerprint density at radius 1 is 1.04 bits per heavy atom. The molecule has 6 heteroatoms. The molecule has 0 heterocycles. The van der Waals surface area contributed by atoms with E-state index in [0.717, 1.165) is 11.1 Å². The smallest absolute Gasteiger partial charge is 0.262 e. The molecule has 5 nitrogen and oxygen atoms in total. The minimum absolute atomic E-state index is 0.243. The molecule has 23 heavy (non-hydrogen) atoms. The maximum absolute atomic E-state index is 12.7. The van der Waals surface area contributed by atoms with E-state index in [1.54, 1.807) is 51.5 Å². The van der Waals surface area contributed by atoms with E-state index in [-0.39, 0.29) is 4.90 Å². The van der Waals surface area contributed by atoms with Gasteiger partial charge in [0.25, 0.3) is 10.0 Å². The summed E-state index contributed by atoms with van der Waals surface area (Å²) in [7, 11) is -0.507. The Balaban J connectivity index is 2.36. The van der Waals surface area contributed by atoms with Crippen LogP contribution in [0.25, 0.3) is 0 Å². The van der Waals surface area contributed by atoms with Crippen LogP contribution < -0.4 is 9.46 Å². The molecule has 2 rings (SSSR count). The predicted molar refractivity (Wildman–Crippen MR) is 90.4 cm³/mol. The molecular weight excluding hydrogens is 314 g/mol. The van der Waals surface area contributed by atoms with Crippen LogP contribution in [0.5, 0.6) is 5.75 Å². The number of sulfonamides is 1. The van der Waals surface area contributed by atoms with Crippen molar-refractivity contribution in [3.8, 4) is 5.75 Å². The number of anilines is 1. The third-order valence-electron chi connectivity index (χ3n) is 3.69. The molecule has 0 aliphatic heterocycles. The molecule has 0 fully saturated rings. The topological polar surface area (TPSA) is 64.6 Å². The van der Waals surface area contributed by atoms with E-state index in [2.05, 4.69) is 4.72 Å². The fourth-order valence-corrected chi connectivity index (χ4v) is 3.74. The van der Waals surface area contributed by atoms with Crippen molar-refractivity contribution in [1.29, 1.82) is 0 Å². The number of methoxy groups -OCH3 is 2. The summed E-state index contributed by atoms with van der Waals surface area (Å²) in [5.41, 5.74) is 2.89. The fraction of sp³-hybridized carbons (Fsp3) is 0.294. The SMILES string of the molecule is COCc1cccc(NS(=O)(=O)c2ccc(OC)c(C)c2C)c1.